The van der Waals surface area contributed by atoms with Crippen LogP contribution >= 0.6 is 43.5 Å². The number of aryl methyl sites for hydroxylation is 2. The smallest absolute Gasteiger partial charge is 0.141 e. The number of ether oxygens (including phenoxy) is 1. The fraction of sp³-hybridized carbons (Fsp3) is 0.243. The topological polar surface area (TPSA) is 64.9 Å². The molecule has 0 spiro atoms. The molecule has 4 N–H and O–H groups in total. The quantitative estimate of drug-likeness (QED) is 0.142. The Hall–Kier alpha value is -3.39. The summed E-state index contributed by atoms with van der Waals surface area (Å²) >= 11 is 13.5. The SMILES string of the molecule is COc1ccccc1NC1CCCc2c1[nH]c1ccc(Br)cc21.Clc1ccccc1NC1CCCc2c1[nH]c1ccc(Br)cc21. The van der Waals surface area contributed by atoms with E-state index in [1.54, 1.807) is 7.11 Å². The van der Waals surface area contributed by atoms with E-state index in [0.29, 0.717) is 6.04 Å². The molecule has 2 heterocycles. The third-order valence-electron chi connectivity index (χ3n) is 8.98. The van der Waals surface area contributed by atoms with Gasteiger partial charge in [0.25, 0.3) is 0 Å². The highest BCUT2D eigenvalue weighted by atomic mass is 79.9. The summed E-state index contributed by atoms with van der Waals surface area (Å²) in [6, 6.07) is 29.5. The summed E-state index contributed by atoms with van der Waals surface area (Å²) in [6.45, 7) is 0. The van der Waals surface area contributed by atoms with E-state index < -0.39 is 0 Å². The number of halogens is 3. The maximum atomic E-state index is 6.29. The summed E-state index contributed by atoms with van der Waals surface area (Å²) in [7, 11) is 1.72. The summed E-state index contributed by atoms with van der Waals surface area (Å²) in [6.07, 6.45) is 6.89. The van der Waals surface area contributed by atoms with Crippen molar-refractivity contribution in [3.63, 3.8) is 0 Å². The van der Waals surface area contributed by atoms with Gasteiger partial charge in [0, 0.05) is 42.1 Å². The molecule has 4 aromatic carbocycles. The minimum Gasteiger partial charge on any atom is -0.495 e. The van der Waals surface area contributed by atoms with Crippen molar-refractivity contribution >= 4 is 76.6 Å². The molecule has 6 aromatic rings. The molecule has 0 fully saturated rings. The molecule has 0 radical (unpaired) electrons. The molecule has 0 amide bonds. The number of aromatic nitrogens is 2. The van der Waals surface area contributed by atoms with Crippen molar-refractivity contribution in [1.82, 2.24) is 9.97 Å². The first-order valence-electron chi connectivity index (χ1n) is 15.5. The summed E-state index contributed by atoms with van der Waals surface area (Å²) in [5.74, 6) is 0.887. The van der Waals surface area contributed by atoms with Gasteiger partial charge in [-0.3, -0.25) is 0 Å². The van der Waals surface area contributed by atoms with Gasteiger partial charge in [0.2, 0.25) is 0 Å². The lowest BCUT2D eigenvalue weighted by Crippen LogP contribution is -2.17. The highest BCUT2D eigenvalue weighted by Crippen LogP contribution is 2.40. The minimum absolute atomic E-state index is 0.287. The molecule has 2 aliphatic rings. The number of hydrogen-bond acceptors (Lipinski definition) is 3. The van der Waals surface area contributed by atoms with E-state index >= 15 is 0 Å². The van der Waals surface area contributed by atoms with Gasteiger partial charge in [0.05, 0.1) is 35.6 Å². The number of fused-ring (bicyclic) bond motifs is 6. The zero-order valence-electron chi connectivity index (χ0n) is 25.0. The maximum absolute atomic E-state index is 6.29. The van der Waals surface area contributed by atoms with Crippen LogP contribution in [0.2, 0.25) is 5.02 Å². The van der Waals surface area contributed by atoms with Gasteiger partial charge in [-0.25, -0.2) is 0 Å². The fourth-order valence-corrected chi connectivity index (χ4v) is 7.79. The average molecular weight is 747 g/mol. The highest BCUT2D eigenvalue weighted by molar-refractivity contribution is 9.10. The predicted molar refractivity (Wildman–Crippen MR) is 195 cm³/mol. The van der Waals surface area contributed by atoms with Crippen molar-refractivity contribution in [2.45, 2.75) is 50.6 Å². The van der Waals surface area contributed by atoms with Crippen molar-refractivity contribution in [3.05, 3.63) is 121 Å². The lowest BCUT2D eigenvalue weighted by atomic mass is 9.91. The number of nitrogens with one attached hydrogen (secondary N) is 4. The molecular weight excluding hydrogens is 712 g/mol. The molecule has 0 aliphatic heterocycles. The second-order valence-electron chi connectivity index (χ2n) is 11.8. The van der Waals surface area contributed by atoms with E-state index in [0.717, 1.165) is 56.8 Å². The number of rotatable bonds is 5. The summed E-state index contributed by atoms with van der Waals surface area (Å²) in [5.41, 5.74) is 9.98. The Bertz CT molecular complexity index is 1980. The Balaban J connectivity index is 0.000000145. The van der Waals surface area contributed by atoms with E-state index in [1.165, 1.54) is 57.2 Å². The molecule has 0 bridgehead atoms. The molecule has 5 nitrogen and oxygen atoms in total. The summed E-state index contributed by atoms with van der Waals surface area (Å²) < 4.78 is 7.73. The maximum Gasteiger partial charge on any atom is 0.141 e. The second kappa shape index (κ2) is 13.1. The molecule has 230 valence electrons. The first-order valence-corrected chi connectivity index (χ1v) is 17.5. The van der Waals surface area contributed by atoms with Gasteiger partial charge in [-0.1, -0.05) is 67.7 Å². The number of para-hydroxylation sites is 3. The second-order valence-corrected chi connectivity index (χ2v) is 14.0. The zero-order chi connectivity index (χ0) is 30.9. The Labute approximate surface area is 285 Å². The monoisotopic (exact) mass is 744 g/mol. The van der Waals surface area contributed by atoms with Crippen molar-refractivity contribution in [3.8, 4) is 5.75 Å². The molecule has 2 atom stereocenters. The molecule has 8 heteroatoms. The standard InChI is InChI=1S/C19H19BrN2O.C18H16BrClN2/c1-23-18-8-3-2-6-16(18)21-17-7-4-5-13-14-11-12(20)9-10-15(14)22-19(13)17;19-11-8-9-15-13(10-11)12-4-3-7-17(18(12)22-15)21-16-6-2-1-5-14(16)20/h2-3,6,8-11,17,21-22H,4-5,7H2,1H3;1-2,5-6,8-10,17,21-22H,3-4,7H2. The van der Waals surface area contributed by atoms with Crippen LogP contribution in [0.15, 0.2) is 93.9 Å². The van der Waals surface area contributed by atoms with Crippen LogP contribution in [0.4, 0.5) is 11.4 Å². The number of anilines is 2. The van der Waals surface area contributed by atoms with E-state index in [1.807, 2.05) is 42.5 Å². The number of methoxy groups -OCH3 is 1. The van der Waals surface area contributed by atoms with Gasteiger partial charge in [-0.2, -0.15) is 0 Å². The predicted octanol–water partition coefficient (Wildman–Crippen LogP) is 11.5. The Morgan fingerprint density at radius 1 is 0.689 bits per heavy atom. The fourth-order valence-electron chi connectivity index (χ4n) is 6.88. The van der Waals surface area contributed by atoms with Crippen molar-refractivity contribution in [2.24, 2.45) is 0 Å². The Morgan fingerprint density at radius 3 is 1.76 bits per heavy atom. The van der Waals surface area contributed by atoms with Gasteiger partial charge in [-0.05, 0) is 110 Å². The van der Waals surface area contributed by atoms with Crippen LogP contribution in [0.3, 0.4) is 0 Å². The molecule has 2 aromatic heterocycles. The van der Waals surface area contributed by atoms with Gasteiger partial charge in [0.15, 0.2) is 0 Å². The van der Waals surface area contributed by atoms with Gasteiger partial charge < -0.3 is 25.3 Å². The Kier molecular flexibility index (Phi) is 8.85. The molecule has 8 rings (SSSR count). The molecule has 2 aliphatic carbocycles. The van der Waals surface area contributed by atoms with Crippen LogP contribution in [-0.4, -0.2) is 17.1 Å². The molecular formula is C37H35Br2ClN4O. The van der Waals surface area contributed by atoms with Crippen molar-refractivity contribution < 1.29 is 4.74 Å². The molecule has 2 unspecified atom stereocenters. The average Bonchev–Trinajstić information content (AvgIpc) is 3.62. The lowest BCUT2D eigenvalue weighted by molar-refractivity contribution is 0.415. The number of aromatic amines is 2. The largest absolute Gasteiger partial charge is 0.495 e. The summed E-state index contributed by atoms with van der Waals surface area (Å²) in [5, 5.41) is 10.7. The van der Waals surface area contributed by atoms with Crippen LogP contribution in [0.5, 0.6) is 5.75 Å². The van der Waals surface area contributed by atoms with Gasteiger partial charge in [-0.15, -0.1) is 0 Å². The number of hydrogen-bond donors (Lipinski definition) is 4. The zero-order valence-corrected chi connectivity index (χ0v) is 29.0. The summed E-state index contributed by atoms with van der Waals surface area (Å²) in [4.78, 5) is 7.23. The van der Waals surface area contributed by atoms with E-state index in [4.69, 9.17) is 16.3 Å². The first-order chi connectivity index (χ1) is 22.0. The van der Waals surface area contributed by atoms with Gasteiger partial charge >= 0.3 is 0 Å². The highest BCUT2D eigenvalue weighted by Gasteiger charge is 2.26. The van der Waals surface area contributed by atoms with Crippen LogP contribution in [0, 0.1) is 0 Å². The van der Waals surface area contributed by atoms with Crippen LogP contribution in [-0.2, 0) is 12.8 Å². The van der Waals surface area contributed by atoms with Crippen LogP contribution in [0.25, 0.3) is 21.8 Å². The molecule has 0 saturated carbocycles. The number of benzene rings is 4. The third-order valence-corrected chi connectivity index (χ3v) is 10.3. The first kappa shape index (κ1) is 30.3. The lowest BCUT2D eigenvalue weighted by Gasteiger charge is -2.25. The minimum atomic E-state index is 0.287. The number of H-pyrrole nitrogens is 2. The Morgan fingerprint density at radius 2 is 1.20 bits per heavy atom. The van der Waals surface area contributed by atoms with Crippen LogP contribution < -0.4 is 15.4 Å². The van der Waals surface area contributed by atoms with Gasteiger partial charge in [0.1, 0.15) is 5.75 Å². The van der Waals surface area contributed by atoms with Crippen LogP contribution in [0.1, 0.15) is 60.3 Å². The molecule has 45 heavy (non-hydrogen) atoms. The third kappa shape index (κ3) is 6.23. The van der Waals surface area contributed by atoms with E-state index in [2.05, 4.69) is 94.9 Å². The van der Waals surface area contributed by atoms with Crippen molar-refractivity contribution in [1.29, 1.82) is 0 Å². The van der Waals surface area contributed by atoms with Crippen molar-refractivity contribution in [2.75, 3.05) is 17.7 Å². The van der Waals surface area contributed by atoms with E-state index in [9.17, 15) is 0 Å². The normalized spacial score (nSPS) is 17.2. The molecule has 0 saturated heterocycles. The van der Waals surface area contributed by atoms with E-state index in [-0.39, 0.29) is 6.04 Å².